The van der Waals surface area contributed by atoms with Crippen molar-refractivity contribution in [3.8, 4) is 6.07 Å². The van der Waals surface area contributed by atoms with Crippen LogP contribution < -0.4 is 5.32 Å². The number of anilines is 1. The maximum atomic E-state index is 12.6. The van der Waals surface area contributed by atoms with Gasteiger partial charge in [0.2, 0.25) is 0 Å². The first kappa shape index (κ1) is 18.9. The number of nitriles is 1. The average molecular weight is 382 g/mol. The lowest BCUT2D eigenvalue weighted by atomic mass is 9.47. The van der Waals surface area contributed by atoms with Gasteiger partial charge in [0.1, 0.15) is 0 Å². The minimum Gasteiger partial charge on any atom is -0.453 e. The molecule has 0 saturated heterocycles. The quantitative estimate of drug-likeness (QED) is 0.762. The Morgan fingerprint density at radius 3 is 2.68 bits per heavy atom. The molecule has 0 spiro atoms. The van der Waals surface area contributed by atoms with E-state index in [0.717, 1.165) is 25.7 Å². The standard InChI is InChI=1S/C22H26N2O4/c1-14(20(26)24-18-4-2-3-15(6-18)12-23)28-19(25)11-21-7-16-5-17(8-21)10-22(27,9-16)13-21/h2-4,6,14,16-17,27H,5,7-11,13H2,1H3,(H,24,26)/t14-,16-,17+,21?,22?/m0/s1. The van der Waals surface area contributed by atoms with Crippen LogP contribution in [0.5, 0.6) is 0 Å². The third kappa shape index (κ3) is 3.77. The van der Waals surface area contributed by atoms with Crippen molar-refractivity contribution in [3.63, 3.8) is 0 Å². The summed E-state index contributed by atoms with van der Waals surface area (Å²) in [4.78, 5) is 24.9. The van der Waals surface area contributed by atoms with E-state index in [1.165, 1.54) is 6.42 Å². The fraction of sp³-hybridized carbons (Fsp3) is 0.591. The first-order valence-electron chi connectivity index (χ1n) is 10.0. The van der Waals surface area contributed by atoms with Crippen LogP contribution >= 0.6 is 0 Å². The Morgan fingerprint density at radius 2 is 2.04 bits per heavy atom. The number of hydrogen-bond donors (Lipinski definition) is 2. The van der Waals surface area contributed by atoms with E-state index in [4.69, 9.17) is 10.00 Å². The van der Waals surface area contributed by atoms with Gasteiger partial charge in [-0.25, -0.2) is 0 Å². The summed E-state index contributed by atoms with van der Waals surface area (Å²) in [5.74, 6) is 0.214. The molecule has 4 aliphatic rings. The van der Waals surface area contributed by atoms with Gasteiger partial charge in [-0.2, -0.15) is 5.26 Å². The average Bonchev–Trinajstić information content (AvgIpc) is 2.59. The highest BCUT2D eigenvalue weighted by atomic mass is 16.5. The van der Waals surface area contributed by atoms with E-state index in [1.807, 2.05) is 6.07 Å². The largest absolute Gasteiger partial charge is 0.453 e. The molecule has 0 aliphatic heterocycles. The Kier molecular flexibility index (Phi) is 4.67. The lowest BCUT2D eigenvalue weighted by Gasteiger charge is -2.60. The number of rotatable bonds is 5. The number of carbonyl (C=O) groups is 2. The summed E-state index contributed by atoms with van der Waals surface area (Å²) in [7, 11) is 0. The maximum Gasteiger partial charge on any atom is 0.307 e. The first-order valence-corrected chi connectivity index (χ1v) is 10.0. The number of hydrogen-bond acceptors (Lipinski definition) is 5. The monoisotopic (exact) mass is 382 g/mol. The van der Waals surface area contributed by atoms with Gasteiger partial charge in [0, 0.05) is 5.69 Å². The fourth-order valence-corrected chi connectivity index (χ4v) is 6.12. The molecular formula is C22H26N2O4. The predicted octanol–water partition coefficient (Wildman–Crippen LogP) is 3.15. The minimum absolute atomic E-state index is 0.173. The van der Waals surface area contributed by atoms with Crippen molar-refractivity contribution >= 4 is 17.6 Å². The molecule has 1 amide bonds. The molecule has 4 aliphatic carbocycles. The van der Waals surface area contributed by atoms with Gasteiger partial charge in [-0.05, 0) is 80.9 Å². The second-order valence-electron chi connectivity index (χ2n) is 9.18. The molecule has 1 aromatic carbocycles. The smallest absolute Gasteiger partial charge is 0.307 e. The van der Waals surface area contributed by atoms with Gasteiger partial charge in [0.15, 0.2) is 6.10 Å². The zero-order valence-electron chi connectivity index (χ0n) is 16.1. The molecular weight excluding hydrogens is 356 g/mol. The second kappa shape index (κ2) is 6.89. The highest BCUT2D eigenvalue weighted by molar-refractivity contribution is 5.95. The van der Waals surface area contributed by atoms with Crippen LogP contribution in [0.25, 0.3) is 0 Å². The molecule has 6 heteroatoms. The van der Waals surface area contributed by atoms with Gasteiger partial charge in [-0.3, -0.25) is 9.59 Å². The van der Waals surface area contributed by atoms with Crippen LogP contribution in [0.4, 0.5) is 5.69 Å². The maximum absolute atomic E-state index is 12.6. The number of carbonyl (C=O) groups excluding carboxylic acids is 2. The van der Waals surface area contributed by atoms with E-state index >= 15 is 0 Å². The van der Waals surface area contributed by atoms with Gasteiger partial charge in [0.05, 0.1) is 23.7 Å². The minimum atomic E-state index is -0.921. The summed E-state index contributed by atoms with van der Waals surface area (Å²) in [6.07, 6.45) is 4.86. The summed E-state index contributed by atoms with van der Waals surface area (Å²) in [6.45, 7) is 1.55. The molecule has 4 bridgehead atoms. The zero-order valence-corrected chi connectivity index (χ0v) is 16.1. The summed E-state index contributed by atoms with van der Waals surface area (Å²) in [5, 5.41) is 22.4. The molecule has 0 radical (unpaired) electrons. The second-order valence-corrected chi connectivity index (χ2v) is 9.18. The Bertz CT molecular complexity index is 829. The van der Waals surface area contributed by atoms with E-state index in [0.29, 0.717) is 29.5 Å². The highest BCUT2D eigenvalue weighted by Crippen LogP contribution is 2.62. The van der Waals surface area contributed by atoms with E-state index in [-0.39, 0.29) is 17.8 Å². The van der Waals surface area contributed by atoms with E-state index in [1.54, 1.807) is 31.2 Å². The Balaban J connectivity index is 1.34. The van der Waals surface area contributed by atoms with Crippen molar-refractivity contribution < 1.29 is 19.4 Å². The number of nitrogens with one attached hydrogen (secondary N) is 1. The van der Waals surface area contributed by atoms with Crippen molar-refractivity contribution in [1.29, 1.82) is 5.26 Å². The zero-order chi connectivity index (χ0) is 19.9. The number of esters is 1. The molecule has 2 N–H and O–H groups in total. The lowest BCUT2D eigenvalue weighted by molar-refractivity contribution is -0.179. The fourth-order valence-electron chi connectivity index (χ4n) is 6.12. The Labute approximate surface area is 164 Å². The van der Waals surface area contributed by atoms with Crippen LogP contribution in [0.15, 0.2) is 24.3 Å². The summed E-state index contributed by atoms with van der Waals surface area (Å²) in [5.41, 5.74) is 0.157. The van der Waals surface area contributed by atoms with Crippen molar-refractivity contribution in [3.05, 3.63) is 29.8 Å². The predicted molar refractivity (Wildman–Crippen MR) is 102 cm³/mol. The van der Waals surface area contributed by atoms with Gasteiger partial charge in [-0.15, -0.1) is 0 Å². The molecule has 28 heavy (non-hydrogen) atoms. The van der Waals surface area contributed by atoms with Crippen molar-refractivity contribution in [2.75, 3.05) is 5.32 Å². The number of benzene rings is 1. The van der Waals surface area contributed by atoms with Crippen molar-refractivity contribution in [1.82, 2.24) is 0 Å². The Hall–Kier alpha value is -2.39. The van der Waals surface area contributed by atoms with Crippen LogP contribution in [-0.2, 0) is 14.3 Å². The van der Waals surface area contributed by atoms with Crippen LogP contribution in [0.3, 0.4) is 0 Å². The van der Waals surface area contributed by atoms with Crippen LogP contribution in [-0.4, -0.2) is 28.7 Å². The molecule has 5 rings (SSSR count). The van der Waals surface area contributed by atoms with E-state index < -0.39 is 17.6 Å². The summed E-state index contributed by atoms with van der Waals surface area (Å²) < 4.78 is 5.42. The number of amides is 1. The summed E-state index contributed by atoms with van der Waals surface area (Å²) >= 11 is 0. The third-order valence-electron chi connectivity index (χ3n) is 6.61. The number of nitrogens with zero attached hydrogens (tertiary/aromatic N) is 1. The van der Waals surface area contributed by atoms with Gasteiger partial charge >= 0.3 is 5.97 Å². The molecule has 0 heterocycles. The van der Waals surface area contributed by atoms with Crippen molar-refractivity contribution in [2.24, 2.45) is 17.3 Å². The molecule has 148 valence electrons. The van der Waals surface area contributed by atoms with Gasteiger partial charge < -0.3 is 15.2 Å². The SMILES string of the molecule is C[C@H](OC(=O)CC12C[C@@H]3C[C@@H](CC(O)(C3)C1)C2)C(=O)Nc1cccc(C#N)c1. The number of aliphatic hydroxyl groups is 1. The van der Waals surface area contributed by atoms with Gasteiger partial charge in [-0.1, -0.05) is 6.07 Å². The third-order valence-corrected chi connectivity index (χ3v) is 6.61. The van der Waals surface area contributed by atoms with Gasteiger partial charge in [0.25, 0.3) is 5.91 Å². The lowest BCUT2D eigenvalue weighted by Crippen LogP contribution is -2.56. The first-order chi connectivity index (χ1) is 13.3. The molecule has 2 unspecified atom stereocenters. The number of ether oxygens (including phenoxy) is 1. The normalized spacial score (nSPS) is 33.8. The van der Waals surface area contributed by atoms with Crippen LogP contribution in [0, 0.1) is 28.6 Å². The molecule has 6 nitrogen and oxygen atoms in total. The van der Waals surface area contributed by atoms with E-state index in [2.05, 4.69) is 5.32 Å². The summed E-state index contributed by atoms with van der Waals surface area (Å²) in [6, 6.07) is 8.61. The molecule has 5 atom stereocenters. The molecule has 0 aromatic heterocycles. The Morgan fingerprint density at radius 1 is 1.32 bits per heavy atom. The molecule has 4 saturated carbocycles. The molecule has 4 fully saturated rings. The van der Waals surface area contributed by atoms with Crippen LogP contribution in [0.1, 0.15) is 57.4 Å². The topological polar surface area (TPSA) is 99.4 Å². The van der Waals surface area contributed by atoms with Crippen LogP contribution in [0.2, 0.25) is 0 Å². The van der Waals surface area contributed by atoms with E-state index in [9.17, 15) is 14.7 Å². The highest BCUT2D eigenvalue weighted by Gasteiger charge is 2.57. The molecule has 1 aromatic rings. The van der Waals surface area contributed by atoms with Crippen molar-refractivity contribution in [2.45, 2.75) is 63.6 Å².